The Kier molecular flexibility index (Phi) is 6.63. The molecule has 10 heteroatoms. The number of hydrogen-bond donors (Lipinski definition) is 0. The van der Waals surface area contributed by atoms with Crippen LogP contribution < -0.4 is 0 Å². The van der Waals surface area contributed by atoms with Gasteiger partial charge in [-0.2, -0.15) is 26.3 Å². The lowest BCUT2D eigenvalue weighted by Gasteiger charge is -2.53. The molecule has 2 atom stereocenters. The number of alkyl halides is 6. The number of thioether (sulfide) groups is 2. The van der Waals surface area contributed by atoms with Crippen LogP contribution in [0.3, 0.4) is 0 Å². The van der Waals surface area contributed by atoms with Crippen LogP contribution in [0.4, 0.5) is 26.3 Å². The van der Waals surface area contributed by atoms with Crippen LogP contribution in [-0.2, 0) is 9.47 Å². The summed E-state index contributed by atoms with van der Waals surface area (Å²) in [6.45, 7) is 10.2. The normalized spacial score (nSPS) is 28.8. The Morgan fingerprint density at radius 1 is 0.535 bits per heavy atom. The lowest BCUT2D eigenvalue weighted by molar-refractivity contribution is -0.258. The predicted octanol–water partition coefficient (Wildman–Crippen LogP) is 10.1. The molecule has 0 aromatic heterocycles. The third-order valence-electron chi connectivity index (χ3n) is 7.42. The molecule has 0 saturated heterocycles. The first-order valence-electron chi connectivity index (χ1n) is 13.7. The summed E-state index contributed by atoms with van der Waals surface area (Å²) in [6, 6.07) is 17.5. The molecule has 43 heavy (non-hydrogen) atoms. The van der Waals surface area contributed by atoms with Gasteiger partial charge >= 0.3 is 17.8 Å². The van der Waals surface area contributed by atoms with Gasteiger partial charge in [0.15, 0.2) is 9.87 Å². The molecule has 2 aliphatic heterocycles. The summed E-state index contributed by atoms with van der Waals surface area (Å²) in [5, 5.41) is 0. The van der Waals surface area contributed by atoms with E-state index >= 15 is 26.3 Å². The molecule has 0 N–H and O–H groups in total. The van der Waals surface area contributed by atoms with Crippen LogP contribution in [0.25, 0.3) is 9.81 Å². The highest BCUT2D eigenvalue weighted by atomic mass is 32.2. The maximum atomic E-state index is 16.0. The molecule has 2 unspecified atom stereocenters. The second-order valence-corrected chi connectivity index (χ2v) is 15.4. The first-order chi connectivity index (χ1) is 19.8. The fourth-order valence-electron chi connectivity index (χ4n) is 5.96. The molecule has 1 saturated carbocycles. The van der Waals surface area contributed by atoms with E-state index in [0.717, 1.165) is 23.5 Å². The molecule has 4 aliphatic rings. The first kappa shape index (κ1) is 30.6. The Hall–Kier alpha value is -2.40. The fourth-order valence-corrected chi connectivity index (χ4v) is 9.39. The molecule has 0 bridgehead atoms. The summed E-state index contributed by atoms with van der Waals surface area (Å²) in [4.78, 5) is -3.11. The average Bonchev–Trinajstić information content (AvgIpc) is 3.49. The monoisotopic (exact) mass is 636 g/mol. The number of allylic oxidation sites excluding steroid dienone is 2. The van der Waals surface area contributed by atoms with Crippen molar-refractivity contribution < 1.29 is 35.8 Å². The minimum absolute atomic E-state index is 0.410. The van der Waals surface area contributed by atoms with Crippen molar-refractivity contribution in [3.05, 3.63) is 106 Å². The molecule has 1 fully saturated rings. The Morgan fingerprint density at radius 3 is 1.16 bits per heavy atom. The average molecular weight is 637 g/mol. The summed E-state index contributed by atoms with van der Waals surface area (Å²) in [7, 11) is 0. The lowest BCUT2D eigenvalue weighted by Crippen LogP contribution is -2.60. The maximum Gasteiger partial charge on any atom is 0.380 e. The SMILES string of the molecule is CC(C)(C)OC12SC(c3ccccc3)=CC1=C1C(=C3C=C(c4ccccc4)SC32OC(C)(C)C)C(F)(F)C(F)(F)C1(F)F. The van der Waals surface area contributed by atoms with Crippen LogP contribution in [0.15, 0.2) is 95.1 Å². The summed E-state index contributed by atoms with van der Waals surface area (Å²) >= 11 is 2.06. The Labute approximate surface area is 255 Å². The van der Waals surface area contributed by atoms with E-state index in [2.05, 4.69) is 0 Å². The van der Waals surface area contributed by atoms with Gasteiger partial charge in [-0.25, -0.2) is 0 Å². The number of fused-ring (bicyclic) bond motifs is 4. The molecule has 228 valence electrons. The highest BCUT2D eigenvalue weighted by Crippen LogP contribution is 2.76. The van der Waals surface area contributed by atoms with Gasteiger partial charge < -0.3 is 9.47 Å². The van der Waals surface area contributed by atoms with Gasteiger partial charge in [0, 0.05) is 32.1 Å². The molecular weight excluding hydrogens is 606 g/mol. The van der Waals surface area contributed by atoms with Gasteiger partial charge in [-0.05, 0) is 64.8 Å². The minimum Gasteiger partial charge on any atom is -0.350 e. The van der Waals surface area contributed by atoms with Gasteiger partial charge in [-0.1, -0.05) is 84.2 Å². The smallest absolute Gasteiger partial charge is 0.350 e. The largest absolute Gasteiger partial charge is 0.380 e. The van der Waals surface area contributed by atoms with Crippen molar-refractivity contribution in [2.24, 2.45) is 0 Å². The topological polar surface area (TPSA) is 18.5 Å². The van der Waals surface area contributed by atoms with Gasteiger partial charge in [0.1, 0.15) is 0 Å². The van der Waals surface area contributed by atoms with E-state index < -0.39 is 61.1 Å². The first-order valence-corrected chi connectivity index (χ1v) is 15.4. The van der Waals surface area contributed by atoms with E-state index in [1.54, 1.807) is 102 Å². The second-order valence-electron chi connectivity index (χ2n) is 12.9. The van der Waals surface area contributed by atoms with Crippen molar-refractivity contribution in [3.8, 4) is 0 Å². The predicted molar refractivity (Wildman–Crippen MR) is 160 cm³/mol. The van der Waals surface area contributed by atoms with Gasteiger partial charge in [0.2, 0.25) is 0 Å². The van der Waals surface area contributed by atoms with Crippen molar-refractivity contribution >= 4 is 33.3 Å². The zero-order valence-corrected chi connectivity index (χ0v) is 26.0. The van der Waals surface area contributed by atoms with E-state index in [1.807, 2.05) is 0 Å². The summed E-state index contributed by atoms with van der Waals surface area (Å²) in [5.74, 6) is -16.1. The van der Waals surface area contributed by atoms with Crippen molar-refractivity contribution in [1.82, 2.24) is 0 Å². The van der Waals surface area contributed by atoms with Crippen molar-refractivity contribution in [2.45, 2.75) is 80.4 Å². The van der Waals surface area contributed by atoms with E-state index in [-0.39, 0.29) is 0 Å². The third-order valence-corrected chi connectivity index (χ3v) is 10.5. The van der Waals surface area contributed by atoms with Crippen LogP contribution in [0.2, 0.25) is 0 Å². The minimum atomic E-state index is -5.70. The van der Waals surface area contributed by atoms with Gasteiger partial charge in [0.05, 0.1) is 11.2 Å². The quantitative estimate of drug-likeness (QED) is 0.311. The van der Waals surface area contributed by atoms with E-state index in [0.29, 0.717) is 20.9 Å². The molecular formula is C33H30F6O2S2. The van der Waals surface area contributed by atoms with Crippen molar-refractivity contribution in [2.75, 3.05) is 0 Å². The van der Waals surface area contributed by atoms with E-state index in [1.165, 1.54) is 12.2 Å². The zero-order valence-electron chi connectivity index (χ0n) is 24.3. The van der Waals surface area contributed by atoms with Gasteiger partial charge in [-0.3, -0.25) is 0 Å². The number of ether oxygens (including phenoxy) is 2. The molecule has 2 aliphatic carbocycles. The molecule has 2 aromatic rings. The zero-order chi connectivity index (χ0) is 31.4. The number of rotatable bonds is 4. The Morgan fingerprint density at radius 2 is 0.860 bits per heavy atom. The van der Waals surface area contributed by atoms with Crippen LogP contribution >= 0.6 is 23.5 Å². The van der Waals surface area contributed by atoms with Crippen molar-refractivity contribution in [1.29, 1.82) is 0 Å². The van der Waals surface area contributed by atoms with Crippen LogP contribution in [0.1, 0.15) is 52.7 Å². The Balaban J connectivity index is 1.78. The lowest BCUT2D eigenvalue weighted by atomic mass is 9.79. The number of hydrogen-bond acceptors (Lipinski definition) is 4. The summed E-state index contributed by atoms with van der Waals surface area (Å²) in [6.07, 6.45) is 2.61. The molecule has 2 nitrogen and oxygen atoms in total. The summed E-state index contributed by atoms with van der Waals surface area (Å²) < 4.78 is 108. The number of halogens is 6. The maximum absolute atomic E-state index is 16.0. The molecule has 2 heterocycles. The Bertz CT molecular complexity index is 1490. The van der Waals surface area contributed by atoms with Crippen LogP contribution in [0.5, 0.6) is 0 Å². The molecule has 6 rings (SSSR count). The fraction of sp³-hybridized carbons (Fsp3) is 0.394. The highest BCUT2D eigenvalue weighted by molar-refractivity contribution is 8.14. The molecule has 0 radical (unpaired) electrons. The van der Waals surface area contributed by atoms with Crippen LogP contribution in [0, 0.1) is 0 Å². The second kappa shape index (κ2) is 9.31. The van der Waals surface area contributed by atoms with E-state index in [9.17, 15) is 0 Å². The summed E-state index contributed by atoms with van der Waals surface area (Å²) in [5.41, 5.74) is -4.59. The molecule has 0 spiro atoms. The van der Waals surface area contributed by atoms with E-state index in [4.69, 9.17) is 9.47 Å². The van der Waals surface area contributed by atoms with Crippen molar-refractivity contribution in [3.63, 3.8) is 0 Å². The van der Waals surface area contributed by atoms with Crippen LogP contribution in [-0.4, -0.2) is 38.8 Å². The third kappa shape index (κ3) is 4.26. The molecule has 2 aromatic carbocycles. The highest BCUT2D eigenvalue weighted by Gasteiger charge is 2.86. The van der Waals surface area contributed by atoms with Gasteiger partial charge in [-0.15, -0.1) is 0 Å². The number of benzene rings is 2. The molecule has 0 amide bonds. The van der Waals surface area contributed by atoms with Gasteiger partial charge in [0.25, 0.3) is 0 Å². The standard InChI is InChI=1S/C33H30F6O2S2/c1-27(2,3)40-31-21(17-23(42-31)19-13-9-7-10-14-19)25-26(30(36,37)33(38,39)29(25,34)35)22-18-24(20-15-11-8-12-16-20)43-32(22,31)41-28(4,5)6/h7-18H,1-6H3.